The number of hydrogen-bond donors (Lipinski definition) is 2. The largest absolute Gasteiger partial charge is 0.389 e. The predicted molar refractivity (Wildman–Crippen MR) is 96.3 cm³/mol. The number of β-amino-alcohol motifs (C(OH)–C–C–N with tert-alkyl or cyclic N) is 1. The molecule has 1 aliphatic rings. The molecule has 3 rings (SSSR count). The molecule has 26 heavy (non-hydrogen) atoms. The van der Waals surface area contributed by atoms with Gasteiger partial charge >= 0.3 is 0 Å². The molecule has 0 bridgehead atoms. The number of Topliss-reactive ketones (excluding diaryl/α,β-unsaturated/α-hetero) is 1. The van der Waals surface area contributed by atoms with E-state index in [1.54, 1.807) is 35.8 Å². The minimum absolute atomic E-state index is 0.0876. The van der Waals surface area contributed by atoms with Crippen molar-refractivity contribution in [3.05, 3.63) is 52.0 Å². The molecule has 2 amide bonds. The second-order valence-corrected chi connectivity index (χ2v) is 7.07. The molecule has 0 radical (unpaired) electrons. The Labute approximate surface area is 154 Å². The summed E-state index contributed by atoms with van der Waals surface area (Å²) in [6, 6.07) is 6.20. The average Bonchev–Trinajstić information content (AvgIpc) is 3.14. The molecule has 1 aliphatic heterocycles. The molecule has 136 valence electrons. The van der Waals surface area contributed by atoms with Gasteiger partial charge in [0.15, 0.2) is 5.78 Å². The molecular weight excluding hydrogens is 354 g/mol. The van der Waals surface area contributed by atoms with Crippen LogP contribution in [0.1, 0.15) is 43.9 Å². The van der Waals surface area contributed by atoms with E-state index in [-0.39, 0.29) is 24.1 Å². The molecule has 2 atom stereocenters. The monoisotopic (exact) mass is 373 g/mol. The number of ketones is 1. The van der Waals surface area contributed by atoms with Crippen LogP contribution in [0.3, 0.4) is 0 Å². The second-order valence-electron chi connectivity index (χ2n) is 6.16. The van der Waals surface area contributed by atoms with Gasteiger partial charge in [-0.2, -0.15) is 0 Å². The Morgan fingerprint density at radius 1 is 1.35 bits per heavy atom. The van der Waals surface area contributed by atoms with E-state index in [9.17, 15) is 19.5 Å². The van der Waals surface area contributed by atoms with Crippen molar-refractivity contribution in [1.29, 1.82) is 0 Å². The standard InChI is InChI=1S/C18H19N3O4S/c1-11(22)16-8-12(10-26-16)17(24)20-13-5-7-21(9-15(13)23)18(25)14-4-2-3-6-19-14/h2-4,6,8,10,13,15,23H,5,7,9H2,1H3,(H,20,24). The molecule has 2 aromatic rings. The van der Waals surface area contributed by atoms with Crippen LogP contribution >= 0.6 is 11.3 Å². The van der Waals surface area contributed by atoms with Gasteiger partial charge in [-0.05, 0) is 31.5 Å². The molecule has 0 aliphatic carbocycles. The lowest BCUT2D eigenvalue weighted by Gasteiger charge is -2.36. The maximum atomic E-state index is 12.4. The van der Waals surface area contributed by atoms with Crippen LogP contribution in [0.2, 0.25) is 0 Å². The van der Waals surface area contributed by atoms with E-state index in [1.165, 1.54) is 23.2 Å². The number of thiophene rings is 1. The van der Waals surface area contributed by atoms with Crippen molar-refractivity contribution in [3.8, 4) is 0 Å². The zero-order chi connectivity index (χ0) is 18.7. The van der Waals surface area contributed by atoms with Crippen LogP contribution in [0.15, 0.2) is 35.8 Å². The van der Waals surface area contributed by atoms with Crippen LogP contribution in [0, 0.1) is 0 Å². The van der Waals surface area contributed by atoms with Crippen molar-refractivity contribution in [2.24, 2.45) is 0 Å². The molecule has 2 unspecified atom stereocenters. The van der Waals surface area contributed by atoms with E-state index in [4.69, 9.17) is 0 Å². The summed E-state index contributed by atoms with van der Waals surface area (Å²) in [6.45, 7) is 1.99. The highest BCUT2D eigenvalue weighted by Gasteiger charge is 2.32. The lowest BCUT2D eigenvalue weighted by molar-refractivity contribution is 0.0311. The SMILES string of the molecule is CC(=O)c1cc(C(=O)NC2CCN(C(=O)c3ccccn3)CC2O)cs1. The van der Waals surface area contributed by atoms with Crippen LogP contribution < -0.4 is 5.32 Å². The number of carbonyl (C=O) groups is 3. The fourth-order valence-corrected chi connectivity index (χ4v) is 3.62. The minimum Gasteiger partial charge on any atom is -0.389 e. The van der Waals surface area contributed by atoms with Gasteiger partial charge in [0, 0.05) is 24.7 Å². The molecular formula is C18H19N3O4S. The first kappa shape index (κ1) is 18.2. The summed E-state index contributed by atoms with van der Waals surface area (Å²) in [7, 11) is 0. The molecule has 3 heterocycles. The van der Waals surface area contributed by atoms with Crippen molar-refractivity contribution >= 4 is 28.9 Å². The van der Waals surface area contributed by atoms with Gasteiger partial charge in [-0.25, -0.2) is 0 Å². The van der Waals surface area contributed by atoms with Gasteiger partial charge in [-0.15, -0.1) is 11.3 Å². The van der Waals surface area contributed by atoms with Gasteiger partial charge < -0.3 is 15.3 Å². The van der Waals surface area contributed by atoms with E-state index in [1.807, 2.05) is 0 Å². The fourth-order valence-electron chi connectivity index (χ4n) is 2.83. The maximum absolute atomic E-state index is 12.4. The first-order chi connectivity index (χ1) is 12.5. The van der Waals surface area contributed by atoms with Crippen LogP contribution in [0.25, 0.3) is 0 Å². The minimum atomic E-state index is -0.869. The number of aromatic nitrogens is 1. The first-order valence-electron chi connectivity index (χ1n) is 8.24. The molecule has 1 saturated heterocycles. The molecule has 0 spiro atoms. The van der Waals surface area contributed by atoms with Crippen molar-refractivity contribution < 1.29 is 19.5 Å². The second kappa shape index (κ2) is 7.76. The average molecular weight is 373 g/mol. The van der Waals surface area contributed by atoms with Crippen molar-refractivity contribution in [3.63, 3.8) is 0 Å². The predicted octanol–water partition coefficient (Wildman–Crippen LogP) is 1.35. The van der Waals surface area contributed by atoms with Crippen LogP contribution in [0.4, 0.5) is 0 Å². The summed E-state index contributed by atoms with van der Waals surface area (Å²) in [6.07, 6.45) is 1.12. The molecule has 0 aromatic carbocycles. The number of aliphatic hydroxyl groups is 1. The van der Waals surface area contributed by atoms with Gasteiger partial charge in [-0.1, -0.05) is 6.07 Å². The Balaban J connectivity index is 1.59. The molecule has 8 heteroatoms. The summed E-state index contributed by atoms with van der Waals surface area (Å²) in [5.74, 6) is -0.656. The fraction of sp³-hybridized carbons (Fsp3) is 0.333. The summed E-state index contributed by atoms with van der Waals surface area (Å²) in [5.41, 5.74) is 0.733. The highest BCUT2D eigenvalue weighted by molar-refractivity contribution is 7.12. The third-order valence-electron chi connectivity index (χ3n) is 4.28. The van der Waals surface area contributed by atoms with Crippen molar-refractivity contribution in [2.45, 2.75) is 25.5 Å². The molecule has 2 aromatic heterocycles. The number of aliphatic hydroxyl groups excluding tert-OH is 1. The smallest absolute Gasteiger partial charge is 0.272 e. The lowest BCUT2D eigenvalue weighted by Crippen LogP contribution is -2.55. The van der Waals surface area contributed by atoms with Crippen molar-refractivity contribution in [1.82, 2.24) is 15.2 Å². The third-order valence-corrected chi connectivity index (χ3v) is 5.31. The van der Waals surface area contributed by atoms with E-state index in [0.29, 0.717) is 29.1 Å². The van der Waals surface area contributed by atoms with Gasteiger partial charge in [0.1, 0.15) is 5.69 Å². The molecule has 2 N–H and O–H groups in total. The number of carbonyl (C=O) groups excluding carboxylic acids is 3. The maximum Gasteiger partial charge on any atom is 0.272 e. The summed E-state index contributed by atoms with van der Waals surface area (Å²) >= 11 is 1.22. The molecule has 7 nitrogen and oxygen atoms in total. The third kappa shape index (κ3) is 3.97. The van der Waals surface area contributed by atoms with Gasteiger partial charge in [0.05, 0.1) is 22.6 Å². The number of nitrogens with zero attached hydrogens (tertiary/aromatic N) is 2. The van der Waals surface area contributed by atoms with Crippen LogP contribution in [-0.4, -0.2) is 57.8 Å². The van der Waals surface area contributed by atoms with Gasteiger partial charge in [-0.3, -0.25) is 19.4 Å². The Morgan fingerprint density at radius 3 is 2.77 bits per heavy atom. The van der Waals surface area contributed by atoms with Crippen molar-refractivity contribution in [2.75, 3.05) is 13.1 Å². The Kier molecular flexibility index (Phi) is 5.43. The zero-order valence-corrected chi connectivity index (χ0v) is 15.0. The zero-order valence-electron chi connectivity index (χ0n) is 14.2. The number of likely N-dealkylation sites (tertiary alicyclic amines) is 1. The summed E-state index contributed by atoms with van der Waals surface area (Å²) < 4.78 is 0. The quantitative estimate of drug-likeness (QED) is 0.788. The molecule has 1 fully saturated rings. The van der Waals surface area contributed by atoms with E-state index >= 15 is 0 Å². The number of piperidine rings is 1. The first-order valence-corrected chi connectivity index (χ1v) is 9.12. The number of amides is 2. The Morgan fingerprint density at radius 2 is 2.15 bits per heavy atom. The van der Waals surface area contributed by atoms with E-state index in [0.717, 1.165) is 0 Å². The highest BCUT2D eigenvalue weighted by Crippen LogP contribution is 2.18. The van der Waals surface area contributed by atoms with Crippen LogP contribution in [-0.2, 0) is 0 Å². The topological polar surface area (TPSA) is 99.6 Å². The van der Waals surface area contributed by atoms with Gasteiger partial charge in [0.25, 0.3) is 11.8 Å². The molecule has 0 saturated carbocycles. The number of pyridine rings is 1. The van der Waals surface area contributed by atoms with Gasteiger partial charge in [0.2, 0.25) is 0 Å². The summed E-state index contributed by atoms with van der Waals surface area (Å²) in [4.78, 5) is 42.1. The van der Waals surface area contributed by atoms with Crippen LogP contribution in [0.5, 0.6) is 0 Å². The normalized spacial score (nSPS) is 19.8. The number of hydrogen-bond acceptors (Lipinski definition) is 6. The summed E-state index contributed by atoms with van der Waals surface area (Å²) in [5, 5.41) is 14.8. The number of nitrogens with one attached hydrogen (secondary N) is 1. The lowest BCUT2D eigenvalue weighted by atomic mass is 10.0. The number of rotatable bonds is 4. The Bertz CT molecular complexity index is 821. The van der Waals surface area contributed by atoms with E-state index < -0.39 is 12.1 Å². The highest BCUT2D eigenvalue weighted by atomic mass is 32.1. The van der Waals surface area contributed by atoms with E-state index in [2.05, 4.69) is 10.3 Å². The Hall–Kier alpha value is -2.58.